The van der Waals surface area contributed by atoms with Crippen molar-refractivity contribution in [2.45, 2.75) is 13.5 Å². The fraction of sp³-hybridized carbons (Fsp3) is 0.111. The first-order chi connectivity index (χ1) is 11.5. The Balaban J connectivity index is 1.80. The molecule has 0 aliphatic heterocycles. The van der Waals surface area contributed by atoms with Crippen LogP contribution in [0.2, 0.25) is 0 Å². The van der Waals surface area contributed by atoms with Crippen molar-refractivity contribution in [3.63, 3.8) is 0 Å². The van der Waals surface area contributed by atoms with Gasteiger partial charge in [0.25, 0.3) is 5.91 Å². The molecule has 1 aromatic heterocycles. The van der Waals surface area contributed by atoms with Gasteiger partial charge < -0.3 is 15.0 Å². The molecule has 0 saturated heterocycles. The van der Waals surface area contributed by atoms with Crippen LogP contribution in [0.5, 0.6) is 5.75 Å². The van der Waals surface area contributed by atoms with Crippen LogP contribution in [0.4, 0.5) is 5.69 Å². The van der Waals surface area contributed by atoms with Gasteiger partial charge in [0.05, 0.1) is 16.4 Å². The van der Waals surface area contributed by atoms with E-state index in [1.165, 1.54) is 0 Å². The number of aromatic nitrogens is 2. The first-order valence-electron chi connectivity index (χ1n) is 7.38. The molecular weight excluding hydrogens is 370 g/mol. The summed E-state index contributed by atoms with van der Waals surface area (Å²) in [7, 11) is 0. The Bertz CT molecular complexity index is 876. The number of hydrogen-bond acceptors (Lipinski definition) is 3. The normalized spacial score (nSPS) is 10.6. The van der Waals surface area contributed by atoms with Gasteiger partial charge in [-0.1, -0.05) is 12.1 Å². The van der Waals surface area contributed by atoms with E-state index < -0.39 is 0 Å². The lowest BCUT2D eigenvalue weighted by atomic mass is 10.1. The van der Waals surface area contributed by atoms with E-state index in [0.717, 1.165) is 11.1 Å². The monoisotopic (exact) mass is 385 g/mol. The van der Waals surface area contributed by atoms with Crippen molar-refractivity contribution in [2.24, 2.45) is 0 Å². The number of nitrogens with one attached hydrogen (secondary N) is 1. The summed E-state index contributed by atoms with van der Waals surface area (Å²) in [4.78, 5) is 16.5. The maximum Gasteiger partial charge on any atom is 0.259 e. The minimum Gasteiger partial charge on any atom is -0.506 e. The van der Waals surface area contributed by atoms with E-state index in [-0.39, 0.29) is 17.2 Å². The van der Waals surface area contributed by atoms with E-state index in [2.05, 4.69) is 26.2 Å². The number of benzene rings is 2. The highest BCUT2D eigenvalue weighted by Gasteiger charge is 2.15. The minimum atomic E-state index is -0.350. The summed E-state index contributed by atoms with van der Waals surface area (Å²) in [5.41, 5.74) is 2.84. The van der Waals surface area contributed by atoms with Gasteiger partial charge in [-0.05, 0) is 58.2 Å². The number of carbonyl (C=O) groups excluding carboxylic acids is 1. The number of halogens is 1. The maximum atomic E-state index is 12.5. The first kappa shape index (κ1) is 16.3. The second kappa shape index (κ2) is 6.88. The molecule has 24 heavy (non-hydrogen) atoms. The van der Waals surface area contributed by atoms with Crippen LogP contribution < -0.4 is 5.32 Å². The number of hydrogen-bond donors (Lipinski definition) is 2. The molecule has 6 heteroatoms. The molecule has 3 aromatic rings. The summed E-state index contributed by atoms with van der Waals surface area (Å²) in [6.07, 6.45) is 5.35. The lowest BCUT2D eigenvalue weighted by Crippen LogP contribution is -2.13. The molecule has 3 rings (SSSR count). The smallest absolute Gasteiger partial charge is 0.259 e. The van der Waals surface area contributed by atoms with E-state index in [4.69, 9.17) is 0 Å². The Morgan fingerprint density at radius 1 is 1.33 bits per heavy atom. The third-order valence-corrected chi connectivity index (χ3v) is 4.17. The quantitative estimate of drug-likeness (QED) is 0.713. The number of amides is 1. The molecular formula is C18H16BrN3O2. The van der Waals surface area contributed by atoms with Gasteiger partial charge >= 0.3 is 0 Å². The Labute approximate surface area is 148 Å². The highest BCUT2D eigenvalue weighted by atomic mass is 79.9. The molecule has 0 atom stereocenters. The Hall–Kier alpha value is -2.60. The van der Waals surface area contributed by atoms with E-state index in [1.807, 2.05) is 42.0 Å². The molecule has 0 fully saturated rings. The number of aromatic hydroxyl groups is 1. The van der Waals surface area contributed by atoms with Crippen LogP contribution in [0, 0.1) is 6.92 Å². The van der Waals surface area contributed by atoms with Crippen molar-refractivity contribution in [1.82, 2.24) is 9.55 Å². The number of nitrogens with zero attached hydrogens (tertiary/aromatic N) is 2. The van der Waals surface area contributed by atoms with Crippen molar-refractivity contribution in [3.8, 4) is 5.75 Å². The SMILES string of the molecule is Cc1cc(Br)c(O)c(C(=O)Nc2cccc(Cn3ccnc3)c2)c1. The van der Waals surface area contributed by atoms with Crippen LogP contribution in [0.1, 0.15) is 21.5 Å². The average Bonchev–Trinajstić information content (AvgIpc) is 3.04. The van der Waals surface area contributed by atoms with Crippen LogP contribution in [0.25, 0.3) is 0 Å². The van der Waals surface area contributed by atoms with Gasteiger partial charge in [-0.25, -0.2) is 4.98 Å². The second-order valence-corrected chi connectivity index (χ2v) is 6.39. The molecule has 0 aliphatic rings. The van der Waals surface area contributed by atoms with E-state index in [1.54, 1.807) is 24.7 Å². The van der Waals surface area contributed by atoms with Gasteiger partial charge in [0, 0.05) is 24.6 Å². The number of anilines is 1. The Morgan fingerprint density at radius 3 is 2.92 bits per heavy atom. The highest BCUT2D eigenvalue weighted by Crippen LogP contribution is 2.30. The second-order valence-electron chi connectivity index (χ2n) is 5.53. The van der Waals surface area contributed by atoms with Crippen LogP contribution in [-0.2, 0) is 6.54 Å². The van der Waals surface area contributed by atoms with E-state index >= 15 is 0 Å². The lowest BCUT2D eigenvalue weighted by Gasteiger charge is -2.10. The Morgan fingerprint density at radius 2 is 2.17 bits per heavy atom. The molecule has 0 unspecified atom stereocenters. The van der Waals surface area contributed by atoms with Gasteiger partial charge in [-0.15, -0.1) is 0 Å². The topological polar surface area (TPSA) is 67.2 Å². The summed E-state index contributed by atoms with van der Waals surface area (Å²) in [6, 6.07) is 11.0. The molecule has 2 N–H and O–H groups in total. The van der Waals surface area contributed by atoms with Crippen molar-refractivity contribution in [2.75, 3.05) is 5.32 Å². The number of phenolic OH excluding ortho intramolecular Hbond substituents is 1. The summed E-state index contributed by atoms with van der Waals surface area (Å²) in [5, 5.41) is 12.9. The van der Waals surface area contributed by atoms with Crippen molar-refractivity contribution in [3.05, 3.63) is 76.3 Å². The third kappa shape index (κ3) is 3.65. The summed E-state index contributed by atoms with van der Waals surface area (Å²) in [5.74, 6) is -0.413. The van der Waals surface area contributed by atoms with Crippen LogP contribution in [0.3, 0.4) is 0 Å². The molecule has 0 spiro atoms. The predicted octanol–water partition coefficient (Wildman–Crippen LogP) is 3.96. The van der Waals surface area contributed by atoms with Crippen LogP contribution in [0.15, 0.2) is 59.6 Å². The van der Waals surface area contributed by atoms with Crippen LogP contribution >= 0.6 is 15.9 Å². The average molecular weight is 386 g/mol. The number of carbonyl (C=O) groups is 1. The zero-order valence-corrected chi connectivity index (χ0v) is 14.6. The summed E-state index contributed by atoms with van der Waals surface area (Å²) < 4.78 is 2.45. The standard InChI is InChI=1S/C18H16BrN3O2/c1-12-7-15(17(23)16(19)8-12)18(24)21-14-4-2-3-13(9-14)10-22-6-5-20-11-22/h2-9,11,23H,10H2,1H3,(H,21,24). The molecule has 1 amide bonds. The molecule has 0 radical (unpaired) electrons. The number of aryl methyl sites for hydroxylation is 1. The minimum absolute atomic E-state index is 0.0623. The largest absolute Gasteiger partial charge is 0.506 e. The lowest BCUT2D eigenvalue weighted by molar-refractivity contribution is 0.102. The molecule has 0 bridgehead atoms. The molecule has 1 heterocycles. The zero-order valence-electron chi connectivity index (χ0n) is 13.0. The van der Waals surface area contributed by atoms with Gasteiger partial charge in [0.1, 0.15) is 5.75 Å². The Kier molecular flexibility index (Phi) is 4.66. The first-order valence-corrected chi connectivity index (χ1v) is 8.17. The summed E-state index contributed by atoms with van der Waals surface area (Å²) in [6.45, 7) is 2.54. The molecule has 5 nitrogen and oxygen atoms in total. The van der Waals surface area contributed by atoms with Gasteiger partial charge in [0.2, 0.25) is 0 Å². The van der Waals surface area contributed by atoms with Gasteiger partial charge in [-0.2, -0.15) is 0 Å². The predicted molar refractivity (Wildman–Crippen MR) is 96.3 cm³/mol. The number of rotatable bonds is 4. The number of imidazole rings is 1. The fourth-order valence-electron chi connectivity index (χ4n) is 2.44. The van der Waals surface area contributed by atoms with Crippen molar-refractivity contribution >= 4 is 27.5 Å². The van der Waals surface area contributed by atoms with Crippen molar-refractivity contribution in [1.29, 1.82) is 0 Å². The highest BCUT2D eigenvalue weighted by molar-refractivity contribution is 9.10. The van der Waals surface area contributed by atoms with Gasteiger partial charge in [0.15, 0.2) is 0 Å². The zero-order chi connectivity index (χ0) is 17.1. The van der Waals surface area contributed by atoms with E-state index in [0.29, 0.717) is 16.7 Å². The fourth-order valence-corrected chi connectivity index (χ4v) is 3.02. The summed E-state index contributed by atoms with van der Waals surface area (Å²) >= 11 is 3.26. The molecule has 0 saturated carbocycles. The molecule has 0 aliphatic carbocycles. The van der Waals surface area contributed by atoms with Gasteiger partial charge in [-0.3, -0.25) is 4.79 Å². The molecule has 2 aromatic carbocycles. The third-order valence-electron chi connectivity index (χ3n) is 3.56. The number of phenols is 1. The van der Waals surface area contributed by atoms with E-state index in [9.17, 15) is 9.90 Å². The van der Waals surface area contributed by atoms with Crippen molar-refractivity contribution < 1.29 is 9.90 Å². The maximum absolute atomic E-state index is 12.5. The van der Waals surface area contributed by atoms with Crippen LogP contribution in [-0.4, -0.2) is 20.6 Å². The molecule has 122 valence electrons.